The van der Waals surface area contributed by atoms with Crippen LogP contribution in [-0.2, 0) is 0 Å². The van der Waals surface area contributed by atoms with Gasteiger partial charge in [-0.15, -0.1) is 0 Å². The first-order valence-corrected chi connectivity index (χ1v) is 7.42. The molecule has 12 heavy (non-hydrogen) atoms. The maximum atomic E-state index is 4.49. The van der Waals surface area contributed by atoms with E-state index in [2.05, 4.69) is 41.1 Å². The molecule has 1 radical (unpaired) electrons. The molecule has 1 heterocycles. The number of aromatic nitrogens is 1. The number of unbranched alkanes of at least 4 members (excludes halogenated alkanes) is 1. The molecule has 1 rings (SSSR count). The number of nitrogens with zero attached hydrogens (tertiary/aromatic N) is 1. The molecule has 0 amide bonds. The first-order valence-electron chi connectivity index (χ1n) is 4.35. The molecule has 1 aromatic rings. The van der Waals surface area contributed by atoms with Gasteiger partial charge in [0, 0.05) is 0 Å². The maximum absolute atomic E-state index is 4.49. The molecular weight excluding hydrogens is 253 g/mol. The van der Waals surface area contributed by atoms with E-state index in [4.69, 9.17) is 0 Å². The molecule has 0 aliphatic rings. The summed E-state index contributed by atoms with van der Waals surface area (Å²) in [5.41, 5.74) is 1.15. The van der Waals surface area contributed by atoms with Crippen LogP contribution in [0, 0.1) is 6.92 Å². The third kappa shape index (κ3) is 3.48. The topological polar surface area (TPSA) is 12.9 Å². The van der Waals surface area contributed by atoms with E-state index >= 15 is 0 Å². The molecule has 0 saturated carbocycles. The van der Waals surface area contributed by atoms with Gasteiger partial charge in [-0.3, -0.25) is 0 Å². The molecule has 1 aromatic heterocycles. The number of hydrogen-bond donors (Lipinski definition) is 0. The average Bonchev–Trinajstić information content (AvgIpc) is 2.05. The fraction of sp³-hybridized carbons (Fsp3) is 0.400. The predicted octanol–water partition coefficient (Wildman–Crippen LogP) is 1.32. The van der Waals surface area contributed by atoms with E-state index in [1.165, 1.54) is 16.6 Å². The zero-order valence-electron chi connectivity index (χ0n) is 7.67. The van der Waals surface area contributed by atoms with Crippen LogP contribution < -0.4 is 3.71 Å². The Morgan fingerprint density at radius 1 is 1.50 bits per heavy atom. The summed E-state index contributed by atoms with van der Waals surface area (Å²) in [7, 11) is 0. The van der Waals surface area contributed by atoms with E-state index < -0.39 is 20.7 Å². The Labute approximate surface area is 83.9 Å². The van der Waals surface area contributed by atoms with Crippen LogP contribution in [-0.4, -0.2) is 29.7 Å². The Balaban J connectivity index is 2.63. The third-order valence-corrected chi connectivity index (χ3v) is 4.62. The zero-order valence-corrected chi connectivity index (χ0v) is 10.5. The number of hydrogen-bond acceptors (Lipinski definition) is 1. The van der Waals surface area contributed by atoms with Crippen molar-refractivity contribution in [1.29, 1.82) is 0 Å². The van der Waals surface area contributed by atoms with Gasteiger partial charge in [-0.05, 0) is 0 Å². The molecule has 63 valence electrons. The molecule has 0 bridgehead atoms. The van der Waals surface area contributed by atoms with Gasteiger partial charge in [0.1, 0.15) is 0 Å². The molecule has 0 atom stereocenters. The van der Waals surface area contributed by atoms with E-state index in [9.17, 15) is 0 Å². The Hall–Kier alpha value is -0.181. The summed E-state index contributed by atoms with van der Waals surface area (Å²) in [6.45, 7) is 4.28. The quantitative estimate of drug-likeness (QED) is 0.753. The Morgan fingerprint density at radius 3 is 3.00 bits per heavy atom. The van der Waals surface area contributed by atoms with E-state index in [1.807, 2.05) is 0 Å². The summed E-state index contributed by atoms with van der Waals surface area (Å²) >= 11 is -0.446. The molecule has 2 heteroatoms. The minimum atomic E-state index is -0.446. The molecule has 0 aliphatic heterocycles. The second-order valence-electron chi connectivity index (χ2n) is 2.80. The van der Waals surface area contributed by atoms with Crippen LogP contribution in [0.1, 0.15) is 25.5 Å². The minimum absolute atomic E-state index is 0.446. The Kier molecular flexibility index (Phi) is 4.51. The number of aryl methyl sites for hydroxylation is 1. The predicted molar refractivity (Wildman–Crippen MR) is 55.3 cm³/mol. The monoisotopic (exact) mass is 268 g/mol. The van der Waals surface area contributed by atoms with Crippen LogP contribution in [0.4, 0.5) is 0 Å². The number of pyridine rings is 1. The van der Waals surface area contributed by atoms with Gasteiger partial charge in [0.2, 0.25) is 0 Å². The van der Waals surface area contributed by atoms with Crippen molar-refractivity contribution in [3.8, 4) is 0 Å². The first-order chi connectivity index (χ1) is 5.83. The molecule has 0 unspecified atom stereocenters. The van der Waals surface area contributed by atoms with Crippen LogP contribution in [0.5, 0.6) is 0 Å². The van der Waals surface area contributed by atoms with Gasteiger partial charge in [0.25, 0.3) is 0 Å². The average molecular weight is 267 g/mol. The van der Waals surface area contributed by atoms with E-state index in [-0.39, 0.29) is 0 Å². The van der Waals surface area contributed by atoms with Gasteiger partial charge < -0.3 is 0 Å². The second kappa shape index (κ2) is 5.46. The van der Waals surface area contributed by atoms with Crippen molar-refractivity contribution < 1.29 is 0 Å². The van der Waals surface area contributed by atoms with E-state index in [0.29, 0.717) is 0 Å². The summed E-state index contributed by atoms with van der Waals surface area (Å²) in [6, 6.07) is 6.33. The van der Waals surface area contributed by atoms with Crippen LogP contribution in [0.15, 0.2) is 18.2 Å². The van der Waals surface area contributed by atoms with Gasteiger partial charge in [-0.2, -0.15) is 0 Å². The van der Waals surface area contributed by atoms with Gasteiger partial charge in [0.15, 0.2) is 0 Å². The summed E-state index contributed by atoms with van der Waals surface area (Å²) in [5.74, 6) is 0. The zero-order chi connectivity index (χ0) is 8.81. The molecule has 0 fully saturated rings. The molecule has 0 aliphatic carbocycles. The first kappa shape index (κ1) is 9.90. The number of rotatable bonds is 3. The summed E-state index contributed by atoms with van der Waals surface area (Å²) in [4.78, 5) is 4.49. The van der Waals surface area contributed by atoms with E-state index in [1.54, 1.807) is 0 Å². The van der Waals surface area contributed by atoms with Crippen LogP contribution >= 0.6 is 0 Å². The van der Waals surface area contributed by atoms with Gasteiger partial charge in [-0.25, -0.2) is 0 Å². The standard InChI is InChI=1S/C6H6N.C4H8.Sn/c1-6-4-2-3-5-7-6;1-3-4-2;/h2-4H,1H3;1H,3-4H2,2H3;. The molecule has 0 spiro atoms. The summed E-state index contributed by atoms with van der Waals surface area (Å²) in [5, 5.41) is 0. The molecular formula is C10H14NSn. The summed E-state index contributed by atoms with van der Waals surface area (Å²) < 4.78 is 3.82. The van der Waals surface area contributed by atoms with Crippen LogP contribution in [0.3, 0.4) is 0 Å². The fourth-order valence-electron chi connectivity index (χ4n) is 0.945. The Bertz CT molecular complexity index is 268. The van der Waals surface area contributed by atoms with Crippen molar-refractivity contribution in [2.75, 3.05) is 0 Å². The summed E-state index contributed by atoms with van der Waals surface area (Å²) in [6.07, 6.45) is 2.54. The SMILES string of the molecule is CCC/[CH]=[Sn]/[c]1cccc(C)n1. The van der Waals surface area contributed by atoms with Crippen molar-refractivity contribution in [3.05, 3.63) is 23.9 Å². The normalized spacial score (nSPS) is 10.8. The van der Waals surface area contributed by atoms with Crippen molar-refractivity contribution >= 4 is 28.4 Å². The van der Waals surface area contributed by atoms with Gasteiger partial charge >= 0.3 is 84.0 Å². The molecule has 0 saturated heterocycles. The van der Waals surface area contributed by atoms with Crippen molar-refractivity contribution in [2.45, 2.75) is 26.7 Å². The van der Waals surface area contributed by atoms with Crippen molar-refractivity contribution in [1.82, 2.24) is 4.98 Å². The van der Waals surface area contributed by atoms with E-state index in [0.717, 1.165) is 5.69 Å². The fourth-order valence-corrected chi connectivity index (χ4v) is 4.01. The van der Waals surface area contributed by atoms with Gasteiger partial charge in [0.05, 0.1) is 0 Å². The van der Waals surface area contributed by atoms with Crippen LogP contribution in [0.2, 0.25) is 0 Å². The molecule has 0 aromatic carbocycles. The van der Waals surface area contributed by atoms with Gasteiger partial charge in [-0.1, -0.05) is 0 Å². The molecule has 1 nitrogen and oxygen atoms in total. The Morgan fingerprint density at radius 2 is 2.33 bits per heavy atom. The third-order valence-electron chi connectivity index (χ3n) is 1.57. The van der Waals surface area contributed by atoms with Crippen molar-refractivity contribution in [2.24, 2.45) is 0 Å². The molecule has 0 N–H and O–H groups in total. The van der Waals surface area contributed by atoms with Crippen molar-refractivity contribution in [3.63, 3.8) is 0 Å². The second-order valence-corrected chi connectivity index (χ2v) is 6.25. The van der Waals surface area contributed by atoms with Crippen LogP contribution in [0.25, 0.3) is 0 Å².